The second kappa shape index (κ2) is 3.43. The molecule has 1 unspecified atom stereocenters. The molecule has 0 bridgehead atoms. The molecule has 66 valence electrons. The smallest absolute Gasteiger partial charge is 0.316 e. The molecule has 0 N–H and O–H groups in total. The van der Waals surface area contributed by atoms with Gasteiger partial charge in [0.1, 0.15) is 17.4 Å². The number of rotatable bonds is 2. The molecule has 1 atom stereocenters. The van der Waals surface area contributed by atoms with Gasteiger partial charge in [0.2, 0.25) is 0 Å². The van der Waals surface area contributed by atoms with Gasteiger partial charge in [-0.05, 0) is 26.0 Å². The van der Waals surface area contributed by atoms with Crippen LogP contribution in [0.3, 0.4) is 0 Å². The normalized spacial score (nSPS) is 12.6. The summed E-state index contributed by atoms with van der Waals surface area (Å²) in [6, 6.07) is 3.62. The number of esters is 1. The van der Waals surface area contributed by atoms with E-state index in [1.54, 1.807) is 13.0 Å². The topological polar surface area (TPSA) is 39.4 Å². The predicted molar refractivity (Wildman–Crippen MR) is 43.9 cm³/mol. The summed E-state index contributed by atoms with van der Waals surface area (Å²) in [5.41, 5.74) is 0. The molecule has 0 fully saturated rings. The van der Waals surface area contributed by atoms with E-state index in [2.05, 4.69) is 4.74 Å². The van der Waals surface area contributed by atoms with E-state index in [9.17, 15) is 4.79 Å². The Kier molecular flexibility index (Phi) is 2.53. The lowest BCUT2D eigenvalue weighted by Gasteiger charge is -2.04. The molecule has 0 aromatic carbocycles. The van der Waals surface area contributed by atoms with Crippen molar-refractivity contribution in [3.05, 3.63) is 23.7 Å². The minimum atomic E-state index is -0.316. The van der Waals surface area contributed by atoms with E-state index in [0.29, 0.717) is 5.76 Å². The van der Waals surface area contributed by atoms with Crippen LogP contribution in [0.5, 0.6) is 0 Å². The molecule has 1 rings (SSSR count). The van der Waals surface area contributed by atoms with Crippen molar-refractivity contribution in [3.8, 4) is 0 Å². The summed E-state index contributed by atoms with van der Waals surface area (Å²) in [4.78, 5) is 11.0. The third kappa shape index (κ3) is 1.67. The van der Waals surface area contributed by atoms with E-state index >= 15 is 0 Å². The molecule has 1 aromatic rings. The lowest BCUT2D eigenvalue weighted by molar-refractivity contribution is -0.142. The number of hydrogen-bond donors (Lipinski definition) is 0. The van der Waals surface area contributed by atoms with Crippen LogP contribution in [0.4, 0.5) is 0 Å². The Morgan fingerprint density at radius 1 is 1.58 bits per heavy atom. The molecule has 0 spiro atoms. The van der Waals surface area contributed by atoms with Crippen molar-refractivity contribution in [3.63, 3.8) is 0 Å². The van der Waals surface area contributed by atoms with Crippen LogP contribution in [0.1, 0.15) is 24.4 Å². The first-order valence-corrected chi connectivity index (χ1v) is 3.79. The Labute approximate surface area is 71.3 Å². The lowest BCUT2D eigenvalue weighted by Crippen LogP contribution is -2.09. The fourth-order valence-electron chi connectivity index (χ4n) is 0.979. The molecule has 3 nitrogen and oxygen atoms in total. The third-order valence-electron chi connectivity index (χ3n) is 1.74. The number of carbonyl (C=O) groups excluding carboxylic acids is 1. The van der Waals surface area contributed by atoms with Crippen molar-refractivity contribution in [2.45, 2.75) is 19.8 Å². The molecular formula is C9H12O3. The molecule has 0 aliphatic heterocycles. The summed E-state index contributed by atoms with van der Waals surface area (Å²) >= 11 is 0. The van der Waals surface area contributed by atoms with Gasteiger partial charge in [0.15, 0.2) is 0 Å². The van der Waals surface area contributed by atoms with Crippen LogP contribution in [0.2, 0.25) is 0 Å². The zero-order chi connectivity index (χ0) is 9.14. The summed E-state index contributed by atoms with van der Waals surface area (Å²) in [7, 11) is 1.37. The minimum absolute atomic E-state index is 0.274. The van der Waals surface area contributed by atoms with Gasteiger partial charge in [-0.2, -0.15) is 0 Å². The average molecular weight is 168 g/mol. The SMILES string of the molecule is COC(=O)C(C)c1ccc(C)o1. The highest BCUT2D eigenvalue weighted by molar-refractivity contribution is 5.76. The maximum absolute atomic E-state index is 11.0. The third-order valence-corrected chi connectivity index (χ3v) is 1.74. The zero-order valence-corrected chi connectivity index (χ0v) is 7.46. The Bertz CT molecular complexity index is 275. The van der Waals surface area contributed by atoms with Gasteiger partial charge in [0.25, 0.3) is 0 Å². The first-order chi connectivity index (χ1) is 5.65. The minimum Gasteiger partial charge on any atom is -0.468 e. The summed E-state index contributed by atoms with van der Waals surface area (Å²) in [5, 5.41) is 0. The van der Waals surface area contributed by atoms with Crippen molar-refractivity contribution >= 4 is 5.97 Å². The fraction of sp³-hybridized carbons (Fsp3) is 0.444. The van der Waals surface area contributed by atoms with Gasteiger partial charge in [-0.3, -0.25) is 4.79 Å². The fourth-order valence-corrected chi connectivity index (χ4v) is 0.979. The molecule has 12 heavy (non-hydrogen) atoms. The Morgan fingerprint density at radius 3 is 2.67 bits per heavy atom. The lowest BCUT2D eigenvalue weighted by atomic mass is 10.1. The second-order valence-corrected chi connectivity index (χ2v) is 2.69. The summed E-state index contributed by atoms with van der Waals surface area (Å²) in [6.45, 7) is 3.59. The highest BCUT2D eigenvalue weighted by Crippen LogP contribution is 2.18. The van der Waals surface area contributed by atoms with Crippen LogP contribution < -0.4 is 0 Å². The summed E-state index contributed by atoms with van der Waals surface area (Å²) in [5.74, 6) is 0.869. The molecule has 0 aliphatic rings. The summed E-state index contributed by atoms with van der Waals surface area (Å²) in [6.07, 6.45) is 0. The van der Waals surface area contributed by atoms with Crippen molar-refractivity contribution in [2.24, 2.45) is 0 Å². The number of carbonyl (C=O) groups is 1. The van der Waals surface area contributed by atoms with Gasteiger partial charge in [0, 0.05) is 0 Å². The highest BCUT2D eigenvalue weighted by Gasteiger charge is 2.18. The molecular weight excluding hydrogens is 156 g/mol. The summed E-state index contributed by atoms with van der Waals surface area (Å²) < 4.78 is 9.84. The zero-order valence-electron chi connectivity index (χ0n) is 7.46. The quantitative estimate of drug-likeness (QED) is 0.633. The Hall–Kier alpha value is -1.25. The van der Waals surface area contributed by atoms with Gasteiger partial charge in [-0.1, -0.05) is 0 Å². The molecule has 0 saturated carbocycles. The molecule has 0 saturated heterocycles. The van der Waals surface area contributed by atoms with Gasteiger partial charge >= 0.3 is 5.97 Å². The highest BCUT2D eigenvalue weighted by atomic mass is 16.5. The average Bonchev–Trinajstić information content (AvgIpc) is 2.49. The number of furan rings is 1. The van der Waals surface area contributed by atoms with E-state index in [4.69, 9.17) is 4.42 Å². The van der Waals surface area contributed by atoms with Gasteiger partial charge in [-0.15, -0.1) is 0 Å². The molecule has 1 aromatic heterocycles. The maximum atomic E-state index is 11.0. The number of hydrogen-bond acceptors (Lipinski definition) is 3. The monoisotopic (exact) mass is 168 g/mol. The number of aryl methyl sites for hydroxylation is 1. The predicted octanol–water partition coefficient (Wildman–Crippen LogP) is 1.86. The van der Waals surface area contributed by atoms with Crippen molar-refractivity contribution < 1.29 is 13.9 Å². The molecule has 1 heterocycles. The Morgan fingerprint density at radius 2 is 2.25 bits per heavy atom. The van der Waals surface area contributed by atoms with E-state index in [0.717, 1.165) is 5.76 Å². The first kappa shape index (κ1) is 8.84. The van der Waals surface area contributed by atoms with Gasteiger partial charge < -0.3 is 9.15 Å². The molecule has 3 heteroatoms. The molecule has 0 amide bonds. The largest absolute Gasteiger partial charge is 0.468 e. The van der Waals surface area contributed by atoms with Crippen LogP contribution in [-0.2, 0) is 9.53 Å². The maximum Gasteiger partial charge on any atom is 0.316 e. The van der Waals surface area contributed by atoms with E-state index in [1.807, 2.05) is 13.0 Å². The van der Waals surface area contributed by atoms with E-state index in [-0.39, 0.29) is 11.9 Å². The molecule has 0 aliphatic carbocycles. The van der Waals surface area contributed by atoms with Gasteiger partial charge in [0.05, 0.1) is 7.11 Å². The first-order valence-electron chi connectivity index (χ1n) is 3.79. The van der Waals surface area contributed by atoms with Crippen molar-refractivity contribution in [2.75, 3.05) is 7.11 Å². The number of ether oxygens (including phenoxy) is 1. The van der Waals surface area contributed by atoms with Crippen molar-refractivity contribution in [1.82, 2.24) is 0 Å². The van der Waals surface area contributed by atoms with Crippen LogP contribution in [0, 0.1) is 6.92 Å². The van der Waals surface area contributed by atoms with Crippen LogP contribution in [-0.4, -0.2) is 13.1 Å². The Balaban J connectivity index is 2.77. The van der Waals surface area contributed by atoms with E-state index in [1.165, 1.54) is 7.11 Å². The van der Waals surface area contributed by atoms with Gasteiger partial charge in [-0.25, -0.2) is 0 Å². The van der Waals surface area contributed by atoms with Crippen LogP contribution in [0.15, 0.2) is 16.5 Å². The standard InChI is InChI=1S/C9H12O3/c1-6-4-5-8(12-6)7(2)9(10)11-3/h4-5,7H,1-3H3. The van der Waals surface area contributed by atoms with E-state index < -0.39 is 0 Å². The van der Waals surface area contributed by atoms with Crippen LogP contribution in [0.25, 0.3) is 0 Å². The van der Waals surface area contributed by atoms with Crippen LogP contribution >= 0.6 is 0 Å². The molecule has 0 radical (unpaired) electrons. The second-order valence-electron chi connectivity index (χ2n) is 2.69. The van der Waals surface area contributed by atoms with Crippen molar-refractivity contribution in [1.29, 1.82) is 0 Å². The number of methoxy groups -OCH3 is 1.